The smallest absolute Gasteiger partial charge is 0.257 e. The van der Waals surface area contributed by atoms with Crippen molar-refractivity contribution in [1.29, 1.82) is 0 Å². The molecule has 0 radical (unpaired) electrons. The lowest BCUT2D eigenvalue weighted by molar-refractivity contribution is 0.0781. The standard InChI is InChI=1S/C16H24N2O3/c1-18(10-7-12-5-8-17-9-6-12)16(20)14-4-3-13(21-2)11-15(14)19/h3-4,11-12,17,19H,5-10H2,1-2H3. The van der Waals surface area contributed by atoms with Crippen LogP contribution in [0.1, 0.15) is 29.6 Å². The highest BCUT2D eigenvalue weighted by molar-refractivity contribution is 5.96. The summed E-state index contributed by atoms with van der Waals surface area (Å²) in [7, 11) is 3.31. The van der Waals surface area contributed by atoms with Crippen molar-refractivity contribution in [1.82, 2.24) is 10.2 Å². The zero-order valence-electron chi connectivity index (χ0n) is 12.8. The van der Waals surface area contributed by atoms with E-state index in [1.165, 1.54) is 26.0 Å². The molecule has 2 N–H and O–H groups in total. The zero-order valence-corrected chi connectivity index (χ0v) is 12.8. The summed E-state index contributed by atoms with van der Waals surface area (Å²) in [5.41, 5.74) is 0.323. The molecule has 0 spiro atoms. The lowest BCUT2D eigenvalue weighted by Crippen LogP contribution is -2.32. The van der Waals surface area contributed by atoms with E-state index in [1.54, 1.807) is 24.1 Å². The van der Waals surface area contributed by atoms with Gasteiger partial charge in [0, 0.05) is 19.7 Å². The van der Waals surface area contributed by atoms with Crippen molar-refractivity contribution in [3.05, 3.63) is 23.8 Å². The van der Waals surface area contributed by atoms with Crippen LogP contribution in [0, 0.1) is 5.92 Å². The van der Waals surface area contributed by atoms with Crippen LogP contribution in [0.3, 0.4) is 0 Å². The van der Waals surface area contributed by atoms with E-state index in [9.17, 15) is 9.90 Å². The van der Waals surface area contributed by atoms with Crippen LogP contribution in [0.2, 0.25) is 0 Å². The molecule has 1 heterocycles. The predicted octanol–water partition coefficient (Wildman–Crippen LogP) is 1.86. The Morgan fingerprint density at radius 1 is 1.43 bits per heavy atom. The topological polar surface area (TPSA) is 61.8 Å². The molecule has 0 unspecified atom stereocenters. The Kier molecular flexibility index (Phi) is 5.44. The molecule has 5 heteroatoms. The fourth-order valence-electron chi connectivity index (χ4n) is 2.67. The molecule has 1 aliphatic heterocycles. The first-order chi connectivity index (χ1) is 10.1. The largest absolute Gasteiger partial charge is 0.507 e. The van der Waals surface area contributed by atoms with Gasteiger partial charge >= 0.3 is 0 Å². The quantitative estimate of drug-likeness (QED) is 0.869. The summed E-state index contributed by atoms with van der Waals surface area (Å²) in [4.78, 5) is 14.0. The number of phenols is 1. The number of carbonyl (C=O) groups excluding carboxylic acids is 1. The van der Waals surface area contributed by atoms with E-state index in [0.29, 0.717) is 17.2 Å². The van der Waals surface area contributed by atoms with Crippen molar-refractivity contribution in [3.8, 4) is 11.5 Å². The van der Waals surface area contributed by atoms with Gasteiger partial charge in [0.05, 0.1) is 12.7 Å². The minimum absolute atomic E-state index is 0.0342. The molecule has 0 saturated carbocycles. The van der Waals surface area contributed by atoms with E-state index in [0.717, 1.165) is 26.1 Å². The molecule has 0 aromatic heterocycles. The van der Waals surface area contributed by atoms with E-state index in [2.05, 4.69) is 5.32 Å². The van der Waals surface area contributed by atoms with Crippen LogP contribution < -0.4 is 10.1 Å². The number of hydrogen-bond acceptors (Lipinski definition) is 4. The highest BCUT2D eigenvalue weighted by atomic mass is 16.5. The van der Waals surface area contributed by atoms with Crippen LogP contribution >= 0.6 is 0 Å². The van der Waals surface area contributed by atoms with Crippen molar-refractivity contribution in [2.45, 2.75) is 19.3 Å². The summed E-state index contributed by atoms with van der Waals surface area (Å²) >= 11 is 0. The third-order valence-corrected chi connectivity index (χ3v) is 4.11. The number of hydrogen-bond donors (Lipinski definition) is 2. The maximum Gasteiger partial charge on any atom is 0.257 e. The molecule has 1 aliphatic rings. The summed E-state index contributed by atoms with van der Waals surface area (Å²) in [6, 6.07) is 4.76. The third kappa shape index (κ3) is 4.11. The Labute approximate surface area is 125 Å². The number of amides is 1. The second kappa shape index (κ2) is 7.31. The van der Waals surface area contributed by atoms with E-state index in [1.807, 2.05) is 0 Å². The molecule has 1 aromatic rings. The number of nitrogens with zero attached hydrogens (tertiary/aromatic N) is 1. The predicted molar refractivity (Wildman–Crippen MR) is 81.8 cm³/mol. The zero-order chi connectivity index (χ0) is 15.2. The highest BCUT2D eigenvalue weighted by Crippen LogP contribution is 2.25. The Balaban J connectivity index is 1.92. The Morgan fingerprint density at radius 2 is 2.14 bits per heavy atom. The van der Waals surface area contributed by atoms with Gasteiger partial charge in [0.1, 0.15) is 11.5 Å². The van der Waals surface area contributed by atoms with E-state index >= 15 is 0 Å². The summed E-state index contributed by atoms with van der Waals surface area (Å²) in [6.45, 7) is 2.86. The number of nitrogens with one attached hydrogen (secondary N) is 1. The van der Waals surface area contributed by atoms with Crippen LogP contribution in [-0.2, 0) is 0 Å². The van der Waals surface area contributed by atoms with Gasteiger partial charge < -0.3 is 20.1 Å². The Bertz CT molecular complexity index is 484. The lowest BCUT2D eigenvalue weighted by atomic mass is 9.94. The first kappa shape index (κ1) is 15.6. The number of ether oxygens (including phenoxy) is 1. The molecular formula is C16H24N2O3. The van der Waals surface area contributed by atoms with E-state index < -0.39 is 0 Å². The molecule has 116 valence electrons. The first-order valence-electron chi connectivity index (χ1n) is 7.45. The first-order valence-corrected chi connectivity index (χ1v) is 7.45. The van der Waals surface area contributed by atoms with Crippen LogP contribution in [0.25, 0.3) is 0 Å². The molecule has 0 bridgehead atoms. The average molecular weight is 292 g/mol. The number of phenolic OH excluding ortho intramolecular Hbond substituents is 1. The van der Waals surface area contributed by atoms with Crippen molar-refractivity contribution >= 4 is 5.91 Å². The molecule has 1 fully saturated rings. The van der Waals surface area contributed by atoms with Crippen LogP contribution in [0.15, 0.2) is 18.2 Å². The fraction of sp³-hybridized carbons (Fsp3) is 0.562. The van der Waals surface area contributed by atoms with Gasteiger partial charge in [-0.15, -0.1) is 0 Å². The molecule has 1 aromatic carbocycles. The van der Waals surface area contributed by atoms with Gasteiger partial charge in [-0.1, -0.05) is 0 Å². The van der Waals surface area contributed by atoms with Gasteiger partial charge in [0.15, 0.2) is 0 Å². The van der Waals surface area contributed by atoms with Gasteiger partial charge in [-0.3, -0.25) is 4.79 Å². The summed E-state index contributed by atoms with van der Waals surface area (Å²) < 4.78 is 5.03. The summed E-state index contributed by atoms with van der Waals surface area (Å²) in [5.74, 6) is 1.05. The van der Waals surface area contributed by atoms with Gasteiger partial charge in [-0.25, -0.2) is 0 Å². The number of piperidine rings is 1. The summed E-state index contributed by atoms with van der Waals surface area (Å²) in [6.07, 6.45) is 3.37. The van der Waals surface area contributed by atoms with Gasteiger partial charge in [0.25, 0.3) is 5.91 Å². The maximum atomic E-state index is 12.4. The van der Waals surface area contributed by atoms with E-state index in [4.69, 9.17) is 4.74 Å². The number of aromatic hydroxyl groups is 1. The Morgan fingerprint density at radius 3 is 2.76 bits per heavy atom. The van der Waals surface area contributed by atoms with Crippen LogP contribution in [-0.4, -0.2) is 49.7 Å². The summed E-state index contributed by atoms with van der Waals surface area (Å²) in [5, 5.41) is 13.3. The second-order valence-corrected chi connectivity index (χ2v) is 5.59. The SMILES string of the molecule is COc1ccc(C(=O)N(C)CCC2CCNCC2)c(O)c1. The normalized spacial score (nSPS) is 15.7. The number of benzene rings is 1. The van der Waals surface area contributed by atoms with Gasteiger partial charge in [-0.05, 0) is 50.4 Å². The number of rotatable bonds is 5. The van der Waals surface area contributed by atoms with Crippen molar-refractivity contribution in [2.75, 3.05) is 33.8 Å². The van der Waals surface area contributed by atoms with Crippen LogP contribution in [0.4, 0.5) is 0 Å². The average Bonchev–Trinajstić information content (AvgIpc) is 2.52. The molecule has 21 heavy (non-hydrogen) atoms. The molecular weight excluding hydrogens is 268 g/mol. The lowest BCUT2D eigenvalue weighted by Gasteiger charge is -2.25. The van der Waals surface area contributed by atoms with Crippen molar-refractivity contribution in [3.63, 3.8) is 0 Å². The molecule has 1 amide bonds. The van der Waals surface area contributed by atoms with Gasteiger partial charge in [0.2, 0.25) is 0 Å². The minimum atomic E-state index is -0.149. The molecule has 5 nitrogen and oxygen atoms in total. The molecule has 1 saturated heterocycles. The third-order valence-electron chi connectivity index (χ3n) is 4.11. The molecule has 0 atom stereocenters. The Hall–Kier alpha value is -1.75. The van der Waals surface area contributed by atoms with Gasteiger partial charge in [-0.2, -0.15) is 0 Å². The number of carbonyl (C=O) groups is 1. The monoisotopic (exact) mass is 292 g/mol. The highest BCUT2D eigenvalue weighted by Gasteiger charge is 2.19. The second-order valence-electron chi connectivity index (χ2n) is 5.59. The molecule has 2 rings (SSSR count). The fourth-order valence-corrected chi connectivity index (χ4v) is 2.67. The molecule has 0 aliphatic carbocycles. The minimum Gasteiger partial charge on any atom is -0.507 e. The number of methoxy groups -OCH3 is 1. The van der Waals surface area contributed by atoms with Crippen molar-refractivity contribution in [2.24, 2.45) is 5.92 Å². The van der Waals surface area contributed by atoms with Crippen LogP contribution in [0.5, 0.6) is 11.5 Å². The maximum absolute atomic E-state index is 12.4. The van der Waals surface area contributed by atoms with Crippen molar-refractivity contribution < 1.29 is 14.6 Å². The van der Waals surface area contributed by atoms with E-state index in [-0.39, 0.29) is 11.7 Å².